The Balaban J connectivity index is 2.55. The van der Waals surface area contributed by atoms with Gasteiger partial charge >= 0.3 is 0 Å². The van der Waals surface area contributed by atoms with E-state index in [2.05, 4.69) is 21.2 Å². The Morgan fingerprint density at radius 2 is 2.06 bits per heavy atom. The lowest BCUT2D eigenvalue weighted by Crippen LogP contribution is -2.29. The lowest BCUT2D eigenvalue weighted by Gasteiger charge is -2.14. The van der Waals surface area contributed by atoms with Crippen molar-refractivity contribution in [2.45, 2.75) is 33.3 Å². The lowest BCUT2D eigenvalue weighted by molar-refractivity contribution is 0.0939. The zero-order valence-electron chi connectivity index (χ0n) is 11.0. The highest BCUT2D eigenvalue weighted by atomic mass is 79.9. The largest absolute Gasteiger partial charge is 0.393 e. The molecule has 0 fully saturated rings. The topological polar surface area (TPSA) is 49.3 Å². The van der Waals surface area contributed by atoms with E-state index in [0.29, 0.717) is 18.5 Å². The number of halogens is 1. The van der Waals surface area contributed by atoms with E-state index in [1.165, 1.54) is 0 Å². The van der Waals surface area contributed by atoms with Crippen molar-refractivity contribution in [2.24, 2.45) is 5.92 Å². The third kappa shape index (κ3) is 5.19. The predicted octanol–water partition coefficient (Wildman–Crippen LogP) is 2.89. The first kappa shape index (κ1) is 15.2. The SMILES string of the molecule is Cc1cc(Br)cc(C(=O)NC[C@@H](C)C[C@H](C)O)c1. The van der Waals surface area contributed by atoms with Crippen molar-refractivity contribution in [3.63, 3.8) is 0 Å². The van der Waals surface area contributed by atoms with Crippen LogP contribution in [0.5, 0.6) is 0 Å². The van der Waals surface area contributed by atoms with Crippen molar-refractivity contribution >= 4 is 21.8 Å². The van der Waals surface area contributed by atoms with E-state index in [-0.39, 0.29) is 17.9 Å². The lowest BCUT2D eigenvalue weighted by atomic mass is 10.0. The molecule has 0 radical (unpaired) electrons. The van der Waals surface area contributed by atoms with Gasteiger partial charge in [-0.15, -0.1) is 0 Å². The van der Waals surface area contributed by atoms with Gasteiger partial charge in [0.05, 0.1) is 6.10 Å². The Morgan fingerprint density at radius 3 is 2.61 bits per heavy atom. The van der Waals surface area contributed by atoms with Crippen LogP contribution in [0.15, 0.2) is 22.7 Å². The molecule has 1 amide bonds. The highest BCUT2D eigenvalue weighted by molar-refractivity contribution is 9.10. The van der Waals surface area contributed by atoms with E-state index in [1.807, 2.05) is 32.0 Å². The zero-order chi connectivity index (χ0) is 13.7. The van der Waals surface area contributed by atoms with Gasteiger partial charge in [-0.25, -0.2) is 0 Å². The van der Waals surface area contributed by atoms with Gasteiger partial charge in [-0.1, -0.05) is 22.9 Å². The molecule has 1 aromatic rings. The highest BCUT2D eigenvalue weighted by Gasteiger charge is 2.10. The van der Waals surface area contributed by atoms with Crippen molar-refractivity contribution in [3.05, 3.63) is 33.8 Å². The van der Waals surface area contributed by atoms with Gasteiger partial charge in [0.2, 0.25) is 0 Å². The third-order valence-electron chi connectivity index (χ3n) is 2.66. The molecule has 1 rings (SSSR count). The summed E-state index contributed by atoms with van der Waals surface area (Å²) in [5, 5.41) is 12.1. The molecule has 0 heterocycles. The molecule has 2 N–H and O–H groups in total. The summed E-state index contributed by atoms with van der Waals surface area (Å²) in [6.07, 6.45) is 0.364. The molecule has 3 nitrogen and oxygen atoms in total. The molecule has 0 saturated carbocycles. The summed E-state index contributed by atoms with van der Waals surface area (Å²) in [5.41, 5.74) is 1.71. The first-order chi connectivity index (χ1) is 8.38. The van der Waals surface area contributed by atoms with Gasteiger partial charge in [-0.05, 0) is 49.9 Å². The summed E-state index contributed by atoms with van der Waals surface area (Å²) in [5.74, 6) is 0.194. The predicted molar refractivity (Wildman–Crippen MR) is 76.7 cm³/mol. The Kier molecular flexibility index (Phi) is 5.82. The van der Waals surface area contributed by atoms with Crippen LogP contribution in [0.25, 0.3) is 0 Å². The number of carbonyl (C=O) groups excluding carboxylic acids is 1. The van der Waals surface area contributed by atoms with Crippen molar-refractivity contribution in [3.8, 4) is 0 Å². The summed E-state index contributed by atoms with van der Waals surface area (Å²) in [7, 11) is 0. The summed E-state index contributed by atoms with van der Waals surface area (Å²) >= 11 is 3.38. The number of amides is 1. The molecule has 0 aliphatic rings. The summed E-state index contributed by atoms with van der Waals surface area (Å²) < 4.78 is 0.907. The van der Waals surface area contributed by atoms with E-state index in [1.54, 1.807) is 6.92 Å². The van der Waals surface area contributed by atoms with Crippen LogP contribution < -0.4 is 5.32 Å². The minimum Gasteiger partial charge on any atom is -0.393 e. The second-order valence-corrected chi connectivity index (χ2v) is 5.83. The van der Waals surface area contributed by atoms with Crippen LogP contribution in [0.4, 0.5) is 0 Å². The monoisotopic (exact) mass is 313 g/mol. The number of carbonyl (C=O) groups is 1. The van der Waals surface area contributed by atoms with Crippen LogP contribution in [-0.4, -0.2) is 23.7 Å². The van der Waals surface area contributed by atoms with E-state index in [4.69, 9.17) is 0 Å². The van der Waals surface area contributed by atoms with Gasteiger partial charge in [0, 0.05) is 16.6 Å². The smallest absolute Gasteiger partial charge is 0.251 e. The second-order valence-electron chi connectivity index (χ2n) is 4.92. The molecule has 0 aliphatic carbocycles. The van der Waals surface area contributed by atoms with Gasteiger partial charge < -0.3 is 10.4 Å². The maximum Gasteiger partial charge on any atom is 0.251 e. The third-order valence-corrected chi connectivity index (χ3v) is 3.12. The van der Waals surface area contributed by atoms with Crippen LogP contribution in [0.1, 0.15) is 36.2 Å². The molecule has 0 aromatic heterocycles. The fourth-order valence-electron chi connectivity index (χ4n) is 1.90. The second kappa shape index (κ2) is 6.90. The van der Waals surface area contributed by atoms with E-state index in [0.717, 1.165) is 10.0 Å². The van der Waals surface area contributed by atoms with Crippen molar-refractivity contribution in [2.75, 3.05) is 6.54 Å². The van der Waals surface area contributed by atoms with Gasteiger partial charge in [-0.3, -0.25) is 4.79 Å². The van der Waals surface area contributed by atoms with Crippen LogP contribution in [0.3, 0.4) is 0 Å². The standard InChI is InChI=1S/C14H20BrNO2/c1-9-5-12(7-13(15)6-9)14(18)16-8-10(2)4-11(3)17/h5-7,10-11,17H,4,8H2,1-3H3,(H,16,18)/t10-,11-/m0/s1. The summed E-state index contributed by atoms with van der Waals surface area (Å²) in [4.78, 5) is 11.9. The fourth-order valence-corrected chi connectivity index (χ4v) is 2.51. The molecular formula is C14H20BrNO2. The zero-order valence-corrected chi connectivity index (χ0v) is 12.6. The van der Waals surface area contributed by atoms with Gasteiger partial charge in [0.25, 0.3) is 5.91 Å². The number of aliphatic hydroxyl groups is 1. The van der Waals surface area contributed by atoms with E-state index in [9.17, 15) is 9.90 Å². The number of aliphatic hydroxyl groups excluding tert-OH is 1. The number of rotatable bonds is 5. The van der Waals surface area contributed by atoms with Crippen LogP contribution in [0.2, 0.25) is 0 Å². The Morgan fingerprint density at radius 1 is 1.39 bits per heavy atom. The van der Waals surface area contributed by atoms with Crippen molar-refractivity contribution in [1.29, 1.82) is 0 Å². The van der Waals surface area contributed by atoms with Crippen LogP contribution in [0, 0.1) is 12.8 Å². The van der Waals surface area contributed by atoms with Gasteiger partial charge in [0.1, 0.15) is 0 Å². The molecule has 18 heavy (non-hydrogen) atoms. The number of nitrogens with one attached hydrogen (secondary N) is 1. The van der Waals surface area contributed by atoms with Gasteiger partial charge in [0.15, 0.2) is 0 Å². The molecule has 2 atom stereocenters. The van der Waals surface area contributed by atoms with Crippen molar-refractivity contribution < 1.29 is 9.90 Å². The maximum absolute atomic E-state index is 11.9. The van der Waals surface area contributed by atoms with E-state index < -0.39 is 0 Å². The molecule has 4 heteroatoms. The van der Waals surface area contributed by atoms with Crippen LogP contribution in [-0.2, 0) is 0 Å². The first-order valence-electron chi connectivity index (χ1n) is 6.12. The molecule has 0 bridgehead atoms. The molecule has 0 spiro atoms. The average Bonchev–Trinajstić information content (AvgIpc) is 2.23. The Hall–Kier alpha value is -0.870. The van der Waals surface area contributed by atoms with Crippen LogP contribution >= 0.6 is 15.9 Å². The Labute approximate surface area is 117 Å². The molecule has 0 unspecified atom stereocenters. The maximum atomic E-state index is 11.9. The van der Waals surface area contributed by atoms with Crippen molar-refractivity contribution in [1.82, 2.24) is 5.32 Å². The summed E-state index contributed by atoms with van der Waals surface area (Å²) in [6.45, 7) is 6.31. The van der Waals surface area contributed by atoms with Gasteiger partial charge in [-0.2, -0.15) is 0 Å². The minimum absolute atomic E-state index is 0.0724. The minimum atomic E-state index is -0.329. The fraction of sp³-hybridized carbons (Fsp3) is 0.500. The molecular weight excluding hydrogens is 294 g/mol. The number of benzene rings is 1. The number of hydrogen-bond donors (Lipinski definition) is 2. The molecule has 0 saturated heterocycles. The normalized spacial score (nSPS) is 14.1. The number of aryl methyl sites for hydroxylation is 1. The Bertz CT molecular complexity index is 398. The first-order valence-corrected chi connectivity index (χ1v) is 6.91. The number of hydrogen-bond acceptors (Lipinski definition) is 2. The quantitative estimate of drug-likeness (QED) is 0.878. The highest BCUT2D eigenvalue weighted by Crippen LogP contribution is 2.15. The van der Waals surface area contributed by atoms with E-state index >= 15 is 0 Å². The molecule has 0 aliphatic heterocycles. The average molecular weight is 314 g/mol. The molecule has 1 aromatic carbocycles. The summed E-state index contributed by atoms with van der Waals surface area (Å²) in [6, 6.07) is 5.63. The molecule has 100 valence electrons.